The number of carbonyl (C=O) groups excluding carboxylic acids is 2. The van der Waals surface area contributed by atoms with Crippen molar-refractivity contribution < 1.29 is 22.7 Å². The molecule has 0 saturated heterocycles. The lowest BCUT2D eigenvalue weighted by molar-refractivity contribution is -0.140. The third kappa shape index (κ3) is 7.99. The van der Waals surface area contributed by atoms with Crippen LogP contribution in [0.15, 0.2) is 42.5 Å². The average Bonchev–Trinajstić information content (AvgIpc) is 3.34. The van der Waals surface area contributed by atoms with Crippen molar-refractivity contribution >= 4 is 50.7 Å². The van der Waals surface area contributed by atoms with E-state index in [0.29, 0.717) is 12.2 Å². The van der Waals surface area contributed by atoms with E-state index >= 15 is 0 Å². The molecule has 1 saturated carbocycles. The molecule has 202 valence electrons. The number of ether oxygens (including phenoxy) is 1. The fourth-order valence-electron chi connectivity index (χ4n) is 4.51. The lowest BCUT2D eigenvalue weighted by Gasteiger charge is -2.33. The molecule has 1 N–H and O–H groups in total. The molecule has 0 heterocycles. The van der Waals surface area contributed by atoms with Crippen molar-refractivity contribution in [3.63, 3.8) is 0 Å². The van der Waals surface area contributed by atoms with Crippen LogP contribution in [0.25, 0.3) is 0 Å². The van der Waals surface area contributed by atoms with Crippen molar-refractivity contribution in [1.82, 2.24) is 10.2 Å². The molecule has 0 spiro atoms. The SMILES string of the molecule is CC[C@H](C(=O)NC1CCCC1)N(Cc1ccc(OC)cc1)C(=O)CN(c1cc(Cl)cc(Cl)c1)S(C)(=O)=O. The van der Waals surface area contributed by atoms with Gasteiger partial charge in [0.05, 0.1) is 19.1 Å². The molecule has 1 atom stereocenters. The number of hydrogen-bond acceptors (Lipinski definition) is 5. The Morgan fingerprint density at radius 3 is 2.19 bits per heavy atom. The molecule has 0 aliphatic heterocycles. The molecule has 1 fully saturated rings. The molecule has 0 aromatic heterocycles. The van der Waals surface area contributed by atoms with Gasteiger partial charge in [-0.3, -0.25) is 13.9 Å². The van der Waals surface area contributed by atoms with E-state index in [9.17, 15) is 18.0 Å². The Bertz CT molecular complexity index is 1180. The summed E-state index contributed by atoms with van der Waals surface area (Å²) in [5.41, 5.74) is 0.944. The highest BCUT2D eigenvalue weighted by Crippen LogP contribution is 2.28. The van der Waals surface area contributed by atoms with Gasteiger partial charge in [-0.1, -0.05) is 55.1 Å². The van der Waals surface area contributed by atoms with Crippen molar-refractivity contribution in [1.29, 1.82) is 0 Å². The molecule has 2 amide bonds. The monoisotopic (exact) mass is 569 g/mol. The van der Waals surface area contributed by atoms with Crippen molar-refractivity contribution in [2.24, 2.45) is 0 Å². The maximum atomic E-state index is 13.8. The van der Waals surface area contributed by atoms with E-state index in [-0.39, 0.29) is 34.2 Å². The van der Waals surface area contributed by atoms with E-state index in [0.717, 1.165) is 41.8 Å². The highest BCUT2D eigenvalue weighted by molar-refractivity contribution is 7.92. The minimum atomic E-state index is -3.88. The molecule has 0 bridgehead atoms. The maximum Gasteiger partial charge on any atom is 0.244 e. The van der Waals surface area contributed by atoms with Gasteiger partial charge >= 0.3 is 0 Å². The number of carbonyl (C=O) groups is 2. The van der Waals surface area contributed by atoms with Gasteiger partial charge in [-0.25, -0.2) is 8.42 Å². The minimum absolute atomic E-state index is 0.0839. The Hall–Kier alpha value is -2.49. The summed E-state index contributed by atoms with van der Waals surface area (Å²) >= 11 is 12.2. The molecule has 2 aromatic rings. The lowest BCUT2D eigenvalue weighted by atomic mass is 10.1. The van der Waals surface area contributed by atoms with Crippen LogP contribution >= 0.6 is 23.2 Å². The molecule has 0 radical (unpaired) electrons. The standard InChI is InChI=1S/C26H33Cl2N3O5S/c1-4-24(26(33)29-21-7-5-6-8-21)30(16-18-9-11-23(36-2)12-10-18)25(32)17-31(37(3,34)35)22-14-19(27)13-20(28)15-22/h9-15,21,24H,4-8,16-17H2,1-3H3,(H,29,33)/t24-/m1/s1. The molecule has 1 aliphatic carbocycles. The van der Waals surface area contributed by atoms with Gasteiger partial charge in [0.1, 0.15) is 18.3 Å². The van der Waals surface area contributed by atoms with Gasteiger partial charge in [-0.15, -0.1) is 0 Å². The van der Waals surface area contributed by atoms with Gasteiger partial charge in [0, 0.05) is 22.6 Å². The van der Waals surface area contributed by atoms with Crippen LogP contribution in [0.2, 0.25) is 10.0 Å². The number of methoxy groups -OCH3 is 1. The number of nitrogens with zero attached hydrogens (tertiary/aromatic N) is 2. The second-order valence-corrected chi connectivity index (χ2v) is 12.0. The molecule has 37 heavy (non-hydrogen) atoms. The number of hydrogen-bond donors (Lipinski definition) is 1. The second kappa shape index (κ2) is 12.8. The zero-order valence-electron chi connectivity index (χ0n) is 21.2. The third-order valence-electron chi connectivity index (χ3n) is 6.41. The Kier molecular flexibility index (Phi) is 10.1. The summed E-state index contributed by atoms with van der Waals surface area (Å²) in [7, 11) is -2.32. The largest absolute Gasteiger partial charge is 0.497 e. The first kappa shape index (κ1) is 29.1. The summed E-state index contributed by atoms with van der Waals surface area (Å²) < 4.78 is 31.6. The first-order valence-corrected chi connectivity index (χ1v) is 14.8. The number of halogens is 2. The Balaban J connectivity index is 1.94. The lowest BCUT2D eigenvalue weighted by Crippen LogP contribution is -2.53. The molecular formula is C26H33Cl2N3O5S. The molecule has 8 nitrogen and oxygen atoms in total. The van der Waals surface area contributed by atoms with Crippen molar-refractivity contribution in [3.8, 4) is 5.75 Å². The van der Waals surface area contributed by atoms with E-state index in [2.05, 4.69) is 5.32 Å². The van der Waals surface area contributed by atoms with Gasteiger partial charge < -0.3 is 15.0 Å². The molecule has 2 aromatic carbocycles. The predicted octanol–water partition coefficient (Wildman–Crippen LogP) is 4.63. The number of benzene rings is 2. The van der Waals surface area contributed by atoms with Crippen LogP contribution in [0.5, 0.6) is 5.75 Å². The number of rotatable bonds is 11. The number of nitrogens with one attached hydrogen (secondary N) is 1. The van der Waals surface area contributed by atoms with Crippen LogP contribution in [0.3, 0.4) is 0 Å². The predicted molar refractivity (Wildman–Crippen MR) is 147 cm³/mol. The van der Waals surface area contributed by atoms with Gasteiger partial charge in [-0.2, -0.15) is 0 Å². The highest BCUT2D eigenvalue weighted by atomic mass is 35.5. The van der Waals surface area contributed by atoms with Crippen LogP contribution in [-0.4, -0.2) is 57.1 Å². The second-order valence-electron chi connectivity index (χ2n) is 9.18. The fourth-order valence-corrected chi connectivity index (χ4v) is 5.86. The molecular weight excluding hydrogens is 537 g/mol. The van der Waals surface area contributed by atoms with E-state index < -0.39 is 28.5 Å². The number of anilines is 1. The zero-order chi connectivity index (χ0) is 27.2. The van der Waals surface area contributed by atoms with Crippen molar-refractivity contribution in [2.45, 2.75) is 57.7 Å². The molecule has 0 unspecified atom stereocenters. The highest BCUT2D eigenvalue weighted by Gasteiger charge is 2.33. The number of amides is 2. The quantitative estimate of drug-likeness (QED) is 0.425. The smallest absolute Gasteiger partial charge is 0.244 e. The summed E-state index contributed by atoms with van der Waals surface area (Å²) in [4.78, 5) is 28.5. The van der Waals surface area contributed by atoms with Crippen molar-refractivity contribution in [2.75, 3.05) is 24.2 Å². The van der Waals surface area contributed by atoms with Crippen LogP contribution in [0, 0.1) is 0 Å². The average molecular weight is 571 g/mol. The zero-order valence-corrected chi connectivity index (χ0v) is 23.6. The summed E-state index contributed by atoms with van der Waals surface area (Å²) in [5.74, 6) is -0.104. The van der Waals surface area contributed by atoms with Crippen LogP contribution in [-0.2, 0) is 26.2 Å². The first-order valence-electron chi connectivity index (χ1n) is 12.2. The summed E-state index contributed by atoms with van der Waals surface area (Å²) in [6.07, 6.45) is 5.30. The minimum Gasteiger partial charge on any atom is -0.497 e. The fraction of sp³-hybridized carbons (Fsp3) is 0.462. The topological polar surface area (TPSA) is 96.0 Å². The molecule has 1 aliphatic rings. The summed E-state index contributed by atoms with van der Waals surface area (Å²) in [6.45, 7) is 1.43. The summed E-state index contributed by atoms with van der Waals surface area (Å²) in [5, 5.41) is 3.55. The van der Waals surface area contributed by atoms with E-state index in [1.54, 1.807) is 19.2 Å². The Morgan fingerprint density at radius 2 is 1.68 bits per heavy atom. The Labute approximate surface area is 228 Å². The molecule has 3 rings (SSSR count). The van der Waals surface area contributed by atoms with Gasteiger partial charge in [0.15, 0.2) is 0 Å². The van der Waals surface area contributed by atoms with Gasteiger partial charge in [0.2, 0.25) is 21.8 Å². The van der Waals surface area contributed by atoms with Crippen LogP contribution < -0.4 is 14.4 Å². The summed E-state index contributed by atoms with van der Waals surface area (Å²) in [6, 6.07) is 10.8. The first-order chi connectivity index (χ1) is 17.5. The van der Waals surface area contributed by atoms with Crippen LogP contribution in [0.4, 0.5) is 5.69 Å². The number of sulfonamides is 1. The third-order valence-corrected chi connectivity index (χ3v) is 7.99. The molecule has 11 heteroatoms. The van der Waals surface area contributed by atoms with E-state index in [1.165, 1.54) is 23.1 Å². The van der Waals surface area contributed by atoms with E-state index in [4.69, 9.17) is 27.9 Å². The van der Waals surface area contributed by atoms with Crippen molar-refractivity contribution in [3.05, 3.63) is 58.1 Å². The van der Waals surface area contributed by atoms with Gasteiger partial charge in [0.25, 0.3) is 0 Å². The Morgan fingerprint density at radius 1 is 1.08 bits per heavy atom. The maximum absolute atomic E-state index is 13.8. The van der Waals surface area contributed by atoms with E-state index in [1.807, 2.05) is 19.1 Å². The normalized spacial score (nSPS) is 14.7. The van der Waals surface area contributed by atoms with Gasteiger partial charge in [-0.05, 0) is 55.2 Å². The van der Waals surface area contributed by atoms with Crippen LogP contribution in [0.1, 0.15) is 44.6 Å².